The number of benzene rings is 1. The molecule has 0 bridgehead atoms. The highest BCUT2D eigenvalue weighted by Crippen LogP contribution is 2.32. The molecule has 1 aromatic carbocycles. The summed E-state index contributed by atoms with van der Waals surface area (Å²) in [6.07, 6.45) is 3.78. The molecule has 0 radical (unpaired) electrons. The Morgan fingerprint density at radius 1 is 1.43 bits per heavy atom. The molecule has 2 saturated heterocycles. The van der Waals surface area contributed by atoms with Gasteiger partial charge >= 0.3 is 0 Å². The minimum atomic E-state index is 0.186. The summed E-state index contributed by atoms with van der Waals surface area (Å²) in [5.41, 5.74) is 1.58. The lowest BCUT2D eigenvalue weighted by Gasteiger charge is -2.37. The van der Waals surface area contributed by atoms with Crippen LogP contribution in [0.4, 0.5) is 0 Å². The van der Waals surface area contributed by atoms with Crippen LogP contribution in [-0.2, 0) is 11.2 Å². The molecule has 1 aromatic rings. The molecule has 1 unspecified atom stereocenters. The van der Waals surface area contributed by atoms with Gasteiger partial charge in [-0.2, -0.15) is 0 Å². The van der Waals surface area contributed by atoms with E-state index in [9.17, 15) is 0 Å². The third kappa shape index (κ3) is 3.99. The minimum absolute atomic E-state index is 0.186. The van der Waals surface area contributed by atoms with Crippen LogP contribution in [0.3, 0.4) is 0 Å². The maximum Gasteiger partial charge on any atom is 0.133 e. The first kappa shape index (κ1) is 15.3. The zero-order valence-corrected chi connectivity index (χ0v) is 14.2. The molecule has 116 valence electrons. The summed E-state index contributed by atoms with van der Waals surface area (Å²) >= 11 is 3.65. The summed E-state index contributed by atoms with van der Waals surface area (Å²) in [6, 6.07) is 6.51. The fourth-order valence-corrected chi connectivity index (χ4v) is 3.55. The molecular formula is C17H24BrNO2. The number of piperidine rings is 1. The van der Waals surface area contributed by atoms with Gasteiger partial charge in [-0.1, -0.05) is 13.0 Å². The molecule has 1 N–H and O–H groups in total. The van der Waals surface area contributed by atoms with Crippen molar-refractivity contribution < 1.29 is 9.47 Å². The van der Waals surface area contributed by atoms with Crippen molar-refractivity contribution in [2.24, 2.45) is 11.3 Å². The van der Waals surface area contributed by atoms with Crippen molar-refractivity contribution in [1.82, 2.24) is 5.32 Å². The van der Waals surface area contributed by atoms with Crippen molar-refractivity contribution in [2.45, 2.75) is 26.2 Å². The molecule has 2 aliphatic rings. The predicted molar refractivity (Wildman–Crippen MR) is 87.9 cm³/mol. The van der Waals surface area contributed by atoms with E-state index < -0.39 is 0 Å². The SMILES string of the molecule is CC1(COc2ccc(CC3CCCNC3)cc2Br)COC1. The number of halogens is 1. The summed E-state index contributed by atoms with van der Waals surface area (Å²) < 4.78 is 12.3. The van der Waals surface area contributed by atoms with Crippen LogP contribution >= 0.6 is 15.9 Å². The molecule has 0 spiro atoms. The topological polar surface area (TPSA) is 30.5 Å². The normalized spacial score (nSPS) is 24.4. The van der Waals surface area contributed by atoms with Crippen molar-refractivity contribution in [1.29, 1.82) is 0 Å². The van der Waals surface area contributed by atoms with Gasteiger partial charge in [0.1, 0.15) is 5.75 Å². The maximum absolute atomic E-state index is 5.95. The number of ether oxygens (including phenoxy) is 2. The Bertz CT molecular complexity index is 482. The van der Waals surface area contributed by atoms with Crippen LogP contribution in [0.25, 0.3) is 0 Å². The third-order valence-corrected chi connectivity index (χ3v) is 5.02. The van der Waals surface area contributed by atoms with E-state index in [0.29, 0.717) is 0 Å². The van der Waals surface area contributed by atoms with Gasteiger partial charge in [-0.25, -0.2) is 0 Å². The van der Waals surface area contributed by atoms with Gasteiger partial charge in [-0.05, 0) is 71.9 Å². The third-order valence-electron chi connectivity index (χ3n) is 4.40. The highest BCUT2D eigenvalue weighted by Gasteiger charge is 2.34. The number of hydrogen-bond donors (Lipinski definition) is 1. The Balaban J connectivity index is 1.56. The lowest BCUT2D eigenvalue weighted by molar-refractivity contribution is -0.120. The Morgan fingerprint density at radius 2 is 2.29 bits per heavy atom. The zero-order valence-electron chi connectivity index (χ0n) is 12.7. The fourth-order valence-electron chi connectivity index (χ4n) is 3.01. The number of hydrogen-bond acceptors (Lipinski definition) is 3. The average Bonchev–Trinajstić information content (AvgIpc) is 2.45. The predicted octanol–water partition coefficient (Wildman–Crippen LogP) is 3.41. The minimum Gasteiger partial charge on any atom is -0.492 e. The Hall–Kier alpha value is -0.580. The van der Waals surface area contributed by atoms with Crippen LogP contribution in [-0.4, -0.2) is 32.9 Å². The molecule has 2 aliphatic heterocycles. The summed E-state index contributed by atoms with van der Waals surface area (Å²) in [5, 5.41) is 3.48. The van der Waals surface area contributed by atoms with Gasteiger partial charge in [0.2, 0.25) is 0 Å². The van der Waals surface area contributed by atoms with E-state index in [1.54, 1.807) is 0 Å². The first-order valence-corrected chi connectivity index (χ1v) is 8.64. The van der Waals surface area contributed by atoms with E-state index in [1.807, 2.05) is 0 Å². The van der Waals surface area contributed by atoms with Gasteiger partial charge in [0.05, 0.1) is 24.3 Å². The Morgan fingerprint density at radius 3 is 2.90 bits per heavy atom. The zero-order chi connectivity index (χ0) is 14.7. The Labute approximate surface area is 135 Å². The number of nitrogens with one attached hydrogen (secondary N) is 1. The van der Waals surface area contributed by atoms with E-state index in [4.69, 9.17) is 9.47 Å². The molecule has 0 amide bonds. The van der Waals surface area contributed by atoms with Crippen LogP contribution in [0.1, 0.15) is 25.3 Å². The smallest absolute Gasteiger partial charge is 0.133 e. The highest BCUT2D eigenvalue weighted by molar-refractivity contribution is 9.10. The fraction of sp³-hybridized carbons (Fsp3) is 0.647. The summed E-state index contributed by atoms with van der Waals surface area (Å²) in [4.78, 5) is 0. The summed E-state index contributed by atoms with van der Waals surface area (Å²) in [5.74, 6) is 1.71. The monoisotopic (exact) mass is 353 g/mol. The number of rotatable bonds is 5. The molecule has 4 heteroatoms. The summed E-state index contributed by atoms with van der Waals surface area (Å²) in [7, 11) is 0. The van der Waals surface area contributed by atoms with E-state index in [0.717, 1.165) is 48.9 Å². The van der Waals surface area contributed by atoms with Crippen molar-refractivity contribution >= 4 is 15.9 Å². The second-order valence-electron chi connectivity index (χ2n) is 6.77. The van der Waals surface area contributed by atoms with Crippen LogP contribution in [0.2, 0.25) is 0 Å². The van der Waals surface area contributed by atoms with Crippen LogP contribution in [0, 0.1) is 11.3 Å². The van der Waals surface area contributed by atoms with E-state index >= 15 is 0 Å². The summed E-state index contributed by atoms with van der Waals surface area (Å²) in [6.45, 7) is 6.85. The van der Waals surface area contributed by atoms with Crippen molar-refractivity contribution in [3.63, 3.8) is 0 Å². The molecular weight excluding hydrogens is 330 g/mol. The van der Waals surface area contributed by atoms with Gasteiger partial charge < -0.3 is 14.8 Å². The average molecular weight is 354 g/mol. The molecule has 0 aliphatic carbocycles. The molecule has 2 fully saturated rings. The van der Waals surface area contributed by atoms with Crippen molar-refractivity contribution in [3.05, 3.63) is 28.2 Å². The highest BCUT2D eigenvalue weighted by atomic mass is 79.9. The molecule has 0 saturated carbocycles. The van der Waals surface area contributed by atoms with Gasteiger partial charge in [0.25, 0.3) is 0 Å². The lowest BCUT2D eigenvalue weighted by atomic mass is 9.90. The quantitative estimate of drug-likeness (QED) is 0.879. The first-order chi connectivity index (χ1) is 10.1. The van der Waals surface area contributed by atoms with E-state index in [2.05, 4.69) is 46.4 Å². The Kier molecular flexibility index (Phi) is 4.87. The van der Waals surface area contributed by atoms with Crippen molar-refractivity contribution in [3.8, 4) is 5.75 Å². The largest absolute Gasteiger partial charge is 0.492 e. The molecule has 3 rings (SSSR count). The molecule has 0 aromatic heterocycles. The van der Waals surface area contributed by atoms with Gasteiger partial charge in [0.15, 0.2) is 0 Å². The van der Waals surface area contributed by atoms with Crippen LogP contribution in [0.15, 0.2) is 22.7 Å². The van der Waals surface area contributed by atoms with Gasteiger partial charge in [-0.15, -0.1) is 0 Å². The maximum atomic E-state index is 5.95. The molecule has 2 heterocycles. The molecule has 3 nitrogen and oxygen atoms in total. The van der Waals surface area contributed by atoms with Crippen LogP contribution < -0.4 is 10.1 Å². The molecule has 21 heavy (non-hydrogen) atoms. The second kappa shape index (κ2) is 6.67. The first-order valence-electron chi connectivity index (χ1n) is 7.84. The lowest BCUT2D eigenvalue weighted by Crippen LogP contribution is -2.44. The second-order valence-corrected chi connectivity index (χ2v) is 7.63. The van der Waals surface area contributed by atoms with Crippen LogP contribution in [0.5, 0.6) is 5.75 Å². The standard InChI is InChI=1S/C17H24BrNO2/c1-17(10-20-11-17)12-21-16-5-4-13(8-15(16)18)7-14-3-2-6-19-9-14/h4-5,8,14,19H,2-3,6-7,9-12H2,1H3. The van der Waals surface area contributed by atoms with Gasteiger partial charge in [0, 0.05) is 5.41 Å². The van der Waals surface area contributed by atoms with E-state index in [1.165, 1.54) is 24.9 Å². The molecule has 1 atom stereocenters. The van der Waals surface area contributed by atoms with Gasteiger partial charge in [-0.3, -0.25) is 0 Å². The van der Waals surface area contributed by atoms with Crippen molar-refractivity contribution in [2.75, 3.05) is 32.9 Å². The van der Waals surface area contributed by atoms with E-state index in [-0.39, 0.29) is 5.41 Å².